The van der Waals surface area contributed by atoms with Crippen LogP contribution in [-0.2, 0) is 0 Å². The van der Waals surface area contributed by atoms with E-state index in [1.807, 2.05) is 6.07 Å². The first-order valence-corrected chi connectivity index (χ1v) is 12.9. The van der Waals surface area contributed by atoms with E-state index in [0.29, 0.717) is 17.5 Å². The van der Waals surface area contributed by atoms with E-state index in [2.05, 4.69) is 39.2 Å². The Morgan fingerprint density at radius 3 is 2.76 bits per heavy atom. The van der Waals surface area contributed by atoms with Crippen molar-refractivity contribution in [1.82, 2.24) is 19.9 Å². The van der Waals surface area contributed by atoms with Crippen molar-refractivity contribution in [2.45, 2.75) is 50.5 Å². The Kier molecular flexibility index (Phi) is 5.52. The Balaban J connectivity index is 1.38. The number of thiophene rings is 1. The zero-order chi connectivity index (χ0) is 23.1. The van der Waals surface area contributed by atoms with Crippen LogP contribution in [0.5, 0.6) is 0 Å². The minimum absolute atomic E-state index is 0.0840. The largest absolute Gasteiger partial charge is 0.324 e. The van der Waals surface area contributed by atoms with Gasteiger partial charge in [0.25, 0.3) is 5.56 Å². The number of aromatic nitrogens is 3. The summed E-state index contributed by atoms with van der Waals surface area (Å²) in [5.74, 6) is 1.05. The molecule has 2 fully saturated rings. The third-order valence-corrected chi connectivity index (χ3v) is 8.20. The van der Waals surface area contributed by atoms with Gasteiger partial charge >= 0.3 is 0 Å². The van der Waals surface area contributed by atoms with Crippen LogP contribution < -0.4 is 16.2 Å². The zero-order valence-corrected chi connectivity index (χ0v) is 19.7. The van der Waals surface area contributed by atoms with E-state index in [4.69, 9.17) is 4.98 Å². The minimum atomic E-state index is -0.252. The lowest BCUT2D eigenvalue weighted by Gasteiger charge is -2.22. The molecule has 8 heteroatoms. The molecular weight excluding hydrogens is 444 g/mol. The lowest BCUT2D eigenvalue weighted by Crippen LogP contribution is -2.26. The molecule has 0 bridgehead atoms. The normalized spacial score (nSPS) is 17.4. The Labute approximate surface area is 201 Å². The molecule has 7 nitrogen and oxygen atoms in total. The monoisotopic (exact) mass is 470 g/mol. The van der Waals surface area contributed by atoms with Crippen LogP contribution in [0.15, 0.2) is 40.6 Å². The number of piperidine rings is 1. The van der Waals surface area contributed by atoms with Crippen LogP contribution in [-0.4, -0.2) is 27.6 Å². The molecule has 6 rings (SSSR count). The van der Waals surface area contributed by atoms with E-state index in [-0.39, 0.29) is 17.2 Å². The van der Waals surface area contributed by atoms with Crippen molar-refractivity contribution in [3.8, 4) is 6.07 Å². The molecule has 3 aromatic heterocycles. The average Bonchev–Trinajstić information content (AvgIpc) is 3.54. The highest BCUT2D eigenvalue weighted by Crippen LogP contribution is 2.37. The molecule has 0 atom stereocenters. The summed E-state index contributed by atoms with van der Waals surface area (Å²) in [5, 5.41) is 20.6. The number of pyridine rings is 1. The highest BCUT2D eigenvalue weighted by molar-refractivity contribution is 7.17. The van der Waals surface area contributed by atoms with Gasteiger partial charge in [0, 0.05) is 28.0 Å². The van der Waals surface area contributed by atoms with Crippen LogP contribution in [0.25, 0.3) is 21.1 Å². The summed E-state index contributed by atoms with van der Waals surface area (Å²) in [6.45, 7) is 2.14. The van der Waals surface area contributed by atoms with Crippen molar-refractivity contribution in [2.75, 3.05) is 18.4 Å². The predicted molar refractivity (Wildman–Crippen MR) is 136 cm³/mol. The SMILES string of the molecule is N#Cc1cc2cnc(Nc3ccc4scc(C5CCNCC5)c4c3)nc2n(C2CCCC2)c1=O. The van der Waals surface area contributed by atoms with Gasteiger partial charge in [0.15, 0.2) is 0 Å². The first-order valence-electron chi connectivity index (χ1n) is 12.0. The molecule has 0 radical (unpaired) electrons. The maximum absolute atomic E-state index is 13.0. The molecule has 0 amide bonds. The van der Waals surface area contributed by atoms with E-state index in [1.54, 1.807) is 28.2 Å². The van der Waals surface area contributed by atoms with Gasteiger partial charge in [-0.2, -0.15) is 10.2 Å². The number of hydrogen-bond acceptors (Lipinski definition) is 7. The summed E-state index contributed by atoms with van der Waals surface area (Å²) in [5.41, 5.74) is 2.86. The van der Waals surface area contributed by atoms with Crippen molar-refractivity contribution in [2.24, 2.45) is 0 Å². The number of nitriles is 1. The van der Waals surface area contributed by atoms with Crippen molar-refractivity contribution < 1.29 is 0 Å². The summed E-state index contributed by atoms with van der Waals surface area (Å²) in [4.78, 5) is 22.3. The predicted octanol–water partition coefficient (Wildman–Crippen LogP) is 5.20. The van der Waals surface area contributed by atoms with E-state index in [0.717, 1.165) is 49.8 Å². The maximum atomic E-state index is 13.0. The van der Waals surface area contributed by atoms with Gasteiger partial charge in [-0.1, -0.05) is 12.8 Å². The number of hydrogen-bond donors (Lipinski definition) is 2. The summed E-state index contributed by atoms with van der Waals surface area (Å²) < 4.78 is 3.02. The van der Waals surface area contributed by atoms with Gasteiger partial charge in [-0.25, -0.2) is 4.98 Å². The van der Waals surface area contributed by atoms with Crippen molar-refractivity contribution in [3.05, 3.63) is 57.3 Å². The van der Waals surface area contributed by atoms with Crippen LogP contribution in [0.3, 0.4) is 0 Å². The summed E-state index contributed by atoms with van der Waals surface area (Å²) in [6, 6.07) is 10.1. The summed E-state index contributed by atoms with van der Waals surface area (Å²) in [6.07, 6.45) is 8.09. The standard InChI is InChI=1S/C26H26N6OS/c27-13-17-11-18-14-29-26(31-24(18)32(25(17)33)20-3-1-2-4-20)30-19-5-6-23-21(12-19)22(15-34-23)16-7-9-28-10-8-16/h5-6,11-12,14-16,20,28H,1-4,7-10H2,(H,29,30,31). The van der Waals surface area contributed by atoms with Gasteiger partial charge in [-0.3, -0.25) is 9.36 Å². The quantitative estimate of drug-likeness (QED) is 0.425. The number of nitrogens with zero attached hydrogens (tertiary/aromatic N) is 4. The molecular formula is C26H26N6OS. The van der Waals surface area contributed by atoms with Crippen LogP contribution in [0.1, 0.15) is 61.6 Å². The molecule has 1 aliphatic carbocycles. The van der Waals surface area contributed by atoms with Gasteiger partial charge in [-0.15, -0.1) is 11.3 Å². The zero-order valence-electron chi connectivity index (χ0n) is 18.9. The van der Waals surface area contributed by atoms with Crippen LogP contribution in [0.2, 0.25) is 0 Å². The van der Waals surface area contributed by atoms with Crippen molar-refractivity contribution in [3.63, 3.8) is 0 Å². The van der Waals surface area contributed by atoms with Crippen molar-refractivity contribution in [1.29, 1.82) is 5.26 Å². The first kappa shape index (κ1) is 21.3. The van der Waals surface area contributed by atoms with Gasteiger partial charge in [-0.05, 0) is 85.3 Å². The average molecular weight is 471 g/mol. The fraction of sp³-hybridized carbons (Fsp3) is 0.385. The van der Waals surface area contributed by atoms with Gasteiger partial charge in [0.1, 0.15) is 17.3 Å². The molecule has 0 unspecified atom stereocenters. The van der Waals surface area contributed by atoms with E-state index in [1.165, 1.54) is 28.5 Å². The lowest BCUT2D eigenvalue weighted by molar-refractivity contribution is 0.463. The fourth-order valence-corrected chi connectivity index (χ4v) is 6.49. The number of nitrogens with one attached hydrogen (secondary N) is 2. The van der Waals surface area contributed by atoms with Crippen molar-refractivity contribution >= 4 is 44.1 Å². The highest BCUT2D eigenvalue weighted by Gasteiger charge is 2.23. The topological polar surface area (TPSA) is 95.6 Å². The van der Waals surface area contributed by atoms with Gasteiger partial charge < -0.3 is 10.6 Å². The molecule has 1 saturated carbocycles. The molecule has 172 valence electrons. The molecule has 0 spiro atoms. The van der Waals surface area contributed by atoms with Gasteiger partial charge in [0.2, 0.25) is 5.95 Å². The number of rotatable bonds is 4. The number of fused-ring (bicyclic) bond motifs is 2. The van der Waals surface area contributed by atoms with E-state index < -0.39 is 0 Å². The smallest absolute Gasteiger partial charge is 0.270 e. The Morgan fingerprint density at radius 2 is 1.97 bits per heavy atom. The van der Waals surface area contributed by atoms with Crippen LogP contribution in [0, 0.1) is 11.3 Å². The molecule has 1 aliphatic heterocycles. The summed E-state index contributed by atoms with van der Waals surface area (Å²) in [7, 11) is 0. The molecule has 4 heterocycles. The maximum Gasteiger partial charge on any atom is 0.270 e. The second-order valence-electron chi connectivity index (χ2n) is 9.31. The molecule has 2 N–H and O–H groups in total. The lowest BCUT2D eigenvalue weighted by atomic mass is 9.90. The molecule has 1 saturated heterocycles. The Hall–Kier alpha value is -3.28. The van der Waals surface area contributed by atoms with Crippen LogP contribution >= 0.6 is 11.3 Å². The van der Waals surface area contributed by atoms with Crippen LogP contribution in [0.4, 0.5) is 11.6 Å². The Morgan fingerprint density at radius 1 is 1.15 bits per heavy atom. The third kappa shape index (κ3) is 3.75. The second-order valence-corrected chi connectivity index (χ2v) is 10.2. The molecule has 4 aromatic rings. The van der Waals surface area contributed by atoms with E-state index >= 15 is 0 Å². The fourth-order valence-electron chi connectivity index (χ4n) is 5.47. The summed E-state index contributed by atoms with van der Waals surface area (Å²) >= 11 is 1.80. The second kappa shape index (κ2) is 8.82. The number of benzene rings is 1. The third-order valence-electron chi connectivity index (χ3n) is 7.22. The molecule has 34 heavy (non-hydrogen) atoms. The molecule has 2 aliphatic rings. The van der Waals surface area contributed by atoms with Gasteiger partial charge in [0.05, 0.1) is 0 Å². The Bertz CT molecular complexity index is 1470. The first-order chi connectivity index (χ1) is 16.7. The minimum Gasteiger partial charge on any atom is -0.324 e. The van der Waals surface area contributed by atoms with E-state index in [9.17, 15) is 10.1 Å². The number of anilines is 2. The highest BCUT2D eigenvalue weighted by atomic mass is 32.1. The molecule has 1 aromatic carbocycles.